The minimum absolute atomic E-state index is 0.266. The van der Waals surface area contributed by atoms with E-state index in [1.165, 1.54) is 12.1 Å². The van der Waals surface area contributed by atoms with Gasteiger partial charge < -0.3 is 9.64 Å². The highest BCUT2D eigenvalue weighted by Crippen LogP contribution is 2.32. The van der Waals surface area contributed by atoms with Gasteiger partial charge in [0.25, 0.3) is 0 Å². The first-order valence-corrected chi connectivity index (χ1v) is 12.9. The second kappa shape index (κ2) is 11.6. The predicted molar refractivity (Wildman–Crippen MR) is 147 cm³/mol. The molecule has 4 aromatic rings. The average molecular weight is 542 g/mol. The number of piperazine rings is 1. The van der Waals surface area contributed by atoms with Gasteiger partial charge in [0.05, 0.1) is 22.8 Å². The molecule has 1 heterocycles. The van der Waals surface area contributed by atoms with Crippen molar-refractivity contribution >= 4 is 11.7 Å². The van der Waals surface area contributed by atoms with Crippen LogP contribution in [0, 0.1) is 11.3 Å². The summed E-state index contributed by atoms with van der Waals surface area (Å²) in [6.45, 7) is 4.25. The van der Waals surface area contributed by atoms with E-state index in [0.29, 0.717) is 22.4 Å². The molecule has 1 aliphatic heterocycles. The van der Waals surface area contributed by atoms with Crippen LogP contribution in [0.1, 0.15) is 27.0 Å². The number of nitrogens with zero attached hydrogens (tertiary/aromatic N) is 3. The zero-order valence-corrected chi connectivity index (χ0v) is 21.6. The number of halogens is 3. The van der Waals surface area contributed by atoms with Gasteiger partial charge in [-0.05, 0) is 71.3 Å². The van der Waals surface area contributed by atoms with Crippen LogP contribution < -0.4 is 9.64 Å². The molecular weight excluding hydrogens is 515 g/mol. The van der Waals surface area contributed by atoms with Gasteiger partial charge in [-0.2, -0.15) is 18.4 Å². The van der Waals surface area contributed by atoms with Gasteiger partial charge in [-0.3, -0.25) is 4.90 Å². The summed E-state index contributed by atoms with van der Waals surface area (Å²) in [7, 11) is 0. The Hall–Kier alpha value is -4.61. The summed E-state index contributed by atoms with van der Waals surface area (Å²) in [4.78, 5) is 17.6. The van der Waals surface area contributed by atoms with Crippen LogP contribution in [0.15, 0.2) is 97.1 Å². The number of esters is 1. The van der Waals surface area contributed by atoms with Gasteiger partial charge in [-0.1, -0.05) is 42.5 Å². The lowest BCUT2D eigenvalue weighted by Crippen LogP contribution is -2.45. The zero-order chi connectivity index (χ0) is 28.1. The number of carbonyl (C=O) groups is 1. The predicted octanol–water partition coefficient (Wildman–Crippen LogP) is 6.79. The normalized spacial score (nSPS) is 14.0. The van der Waals surface area contributed by atoms with E-state index in [-0.39, 0.29) is 5.56 Å². The summed E-state index contributed by atoms with van der Waals surface area (Å²) >= 11 is 0. The van der Waals surface area contributed by atoms with E-state index in [1.54, 1.807) is 42.5 Å². The molecule has 0 unspecified atom stereocenters. The Bertz CT molecular complexity index is 1520. The molecule has 1 fully saturated rings. The molecule has 1 saturated heterocycles. The second-order valence-electron chi connectivity index (χ2n) is 9.58. The van der Waals surface area contributed by atoms with Gasteiger partial charge in [0.2, 0.25) is 0 Å². The molecule has 40 heavy (non-hydrogen) atoms. The van der Waals surface area contributed by atoms with Crippen molar-refractivity contribution in [3.63, 3.8) is 0 Å². The highest BCUT2D eigenvalue weighted by atomic mass is 19.4. The van der Waals surface area contributed by atoms with Crippen molar-refractivity contribution in [3.8, 4) is 22.9 Å². The van der Waals surface area contributed by atoms with Crippen LogP contribution in [0.4, 0.5) is 18.9 Å². The average Bonchev–Trinajstić information content (AvgIpc) is 2.98. The maximum absolute atomic E-state index is 13.0. The SMILES string of the molecule is N#Cc1cccc(CN2CCN(c3ccc(OC(=O)c4ccccc4-c4ccc(C(F)(F)F)cc4)cc3)CC2)c1. The first-order chi connectivity index (χ1) is 19.3. The van der Waals surface area contributed by atoms with Gasteiger partial charge in [-0.25, -0.2) is 4.79 Å². The Morgan fingerprint density at radius 1 is 0.850 bits per heavy atom. The number of benzene rings is 4. The van der Waals surface area contributed by atoms with Crippen molar-refractivity contribution in [1.29, 1.82) is 5.26 Å². The fraction of sp³-hybridized carbons (Fsp3) is 0.188. The second-order valence-corrected chi connectivity index (χ2v) is 9.58. The Balaban J connectivity index is 1.20. The number of anilines is 1. The molecule has 0 spiro atoms. The summed E-state index contributed by atoms with van der Waals surface area (Å²) in [6.07, 6.45) is -4.43. The topological polar surface area (TPSA) is 56.6 Å². The van der Waals surface area contributed by atoms with Gasteiger partial charge in [0.15, 0.2) is 0 Å². The molecule has 5 rings (SSSR count). The van der Waals surface area contributed by atoms with Crippen molar-refractivity contribution in [3.05, 3.63) is 119 Å². The smallest absolute Gasteiger partial charge is 0.416 e. The van der Waals surface area contributed by atoms with Crippen LogP contribution in [0.3, 0.4) is 0 Å². The van der Waals surface area contributed by atoms with Crippen molar-refractivity contribution in [1.82, 2.24) is 4.90 Å². The van der Waals surface area contributed by atoms with E-state index >= 15 is 0 Å². The maximum atomic E-state index is 13.0. The highest BCUT2D eigenvalue weighted by molar-refractivity contribution is 5.98. The van der Waals surface area contributed by atoms with Gasteiger partial charge in [-0.15, -0.1) is 0 Å². The van der Waals surface area contributed by atoms with Gasteiger partial charge in [0.1, 0.15) is 5.75 Å². The molecule has 0 saturated carbocycles. The summed E-state index contributed by atoms with van der Waals surface area (Å²) in [5, 5.41) is 9.12. The summed E-state index contributed by atoms with van der Waals surface area (Å²) in [5.74, 6) is -0.204. The first kappa shape index (κ1) is 27.0. The minimum atomic E-state index is -4.43. The van der Waals surface area contributed by atoms with Crippen LogP contribution in [0.5, 0.6) is 5.75 Å². The maximum Gasteiger partial charge on any atom is 0.416 e. The van der Waals surface area contributed by atoms with E-state index < -0.39 is 17.7 Å². The van der Waals surface area contributed by atoms with E-state index in [9.17, 15) is 18.0 Å². The number of nitriles is 1. The van der Waals surface area contributed by atoms with Crippen LogP contribution in [0.25, 0.3) is 11.1 Å². The quantitative estimate of drug-likeness (QED) is 0.199. The number of hydrogen-bond acceptors (Lipinski definition) is 5. The molecule has 8 heteroatoms. The van der Waals surface area contributed by atoms with Crippen LogP contribution >= 0.6 is 0 Å². The zero-order valence-electron chi connectivity index (χ0n) is 21.6. The molecule has 1 aliphatic rings. The third kappa shape index (κ3) is 6.33. The molecule has 0 bridgehead atoms. The Morgan fingerprint density at radius 3 is 2.23 bits per heavy atom. The van der Waals surface area contributed by atoms with Crippen molar-refractivity contribution in [2.75, 3.05) is 31.1 Å². The van der Waals surface area contributed by atoms with Crippen LogP contribution in [-0.4, -0.2) is 37.0 Å². The standard InChI is InChI=1S/C32H26F3N3O2/c33-32(34,35)26-10-8-25(9-11-26)29-6-1-2-7-30(29)31(39)40-28-14-12-27(13-15-28)38-18-16-37(17-19-38)22-24-5-3-4-23(20-24)21-36/h1-15,20H,16-19,22H2. The highest BCUT2D eigenvalue weighted by Gasteiger charge is 2.30. The Morgan fingerprint density at radius 2 is 1.55 bits per heavy atom. The first-order valence-electron chi connectivity index (χ1n) is 12.9. The molecule has 0 aliphatic carbocycles. The summed E-state index contributed by atoms with van der Waals surface area (Å²) in [6, 6.07) is 28.6. The van der Waals surface area contributed by atoms with E-state index in [1.807, 2.05) is 30.3 Å². The molecule has 0 N–H and O–H groups in total. The summed E-state index contributed by atoms with van der Waals surface area (Å²) in [5.41, 5.74) is 3.32. The third-order valence-corrected chi connectivity index (χ3v) is 6.92. The van der Waals surface area contributed by atoms with E-state index in [2.05, 4.69) is 15.9 Å². The number of carbonyl (C=O) groups excluding carboxylic acids is 1. The molecule has 0 aromatic heterocycles. The lowest BCUT2D eigenvalue weighted by atomic mass is 9.98. The monoisotopic (exact) mass is 541 g/mol. The Labute approximate surface area is 230 Å². The number of alkyl halides is 3. The molecular formula is C32H26F3N3O2. The molecule has 202 valence electrons. The number of hydrogen-bond donors (Lipinski definition) is 0. The molecule has 0 amide bonds. The molecule has 0 radical (unpaired) electrons. The lowest BCUT2D eigenvalue weighted by Gasteiger charge is -2.36. The molecule has 4 aromatic carbocycles. The van der Waals surface area contributed by atoms with Crippen molar-refractivity contribution in [2.24, 2.45) is 0 Å². The lowest BCUT2D eigenvalue weighted by molar-refractivity contribution is -0.137. The molecule has 5 nitrogen and oxygen atoms in total. The van der Waals surface area contributed by atoms with Crippen molar-refractivity contribution in [2.45, 2.75) is 12.7 Å². The molecule has 0 atom stereocenters. The van der Waals surface area contributed by atoms with E-state index in [4.69, 9.17) is 10.00 Å². The van der Waals surface area contributed by atoms with E-state index in [0.717, 1.165) is 56.1 Å². The number of rotatable bonds is 6. The van der Waals surface area contributed by atoms with Gasteiger partial charge >= 0.3 is 12.1 Å². The van der Waals surface area contributed by atoms with Crippen LogP contribution in [-0.2, 0) is 12.7 Å². The largest absolute Gasteiger partial charge is 0.423 e. The van der Waals surface area contributed by atoms with Gasteiger partial charge in [0, 0.05) is 38.4 Å². The number of ether oxygens (including phenoxy) is 1. The third-order valence-electron chi connectivity index (χ3n) is 6.92. The fourth-order valence-electron chi connectivity index (χ4n) is 4.80. The van der Waals surface area contributed by atoms with Crippen LogP contribution in [0.2, 0.25) is 0 Å². The minimum Gasteiger partial charge on any atom is -0.423 e. The Kier molecular flexibility index (Phi) is 7.85. The fourth-order valence-corrected chi connectivity index (χ4v) is 4.80. The summed E-state index contributed by atoms with van der Waals surface area (Å²) < 4.78 is 44.5. The van der Waals surface area contributed by atoms with Crippen molar-refractivity contribution < 1.29 is 22.7 Å².